The number of aromatic nitrogens is 4. The first-order valence-corrected chi connectivity index (χ1v) is 8.32. The number of aliphatic hydroxyl groups excluding tert-OH is 2. The second-order valence-corrected chi connectivity index (χ2v) is 6.22. The minimum absolute atomic E-state index is 0.157. The van der Waals surface area contributed by atoms with Gasteiger partial charge in [-0.1, -0.05) is 0 Å². The lowest BCUT2D eigenvalue weighted by Gasteiger charge is -2.16. The molecule has 0 saturated carbocycles. The van der Waals surface area contributed by atoms with Crippen molar-refractivity contribution in [1.29, 1.82) is 0 Å². The quantitative estimate of drug-likeness (QED) is 0.473. The van der Waals surface area contributed by atoms with E-state index in [0.717, 1.165) is 5.69 Å². The zero-order valence-corrected chi connectivity index (χ0v) is 14.4. The van der Waals surface area contributed by atoms with Crippen molar-refractivity contribution in [2.24, 2.45) is 0 Å². The third-order valence-corrected chi connectivity index (χ3v) is 4.43. The van der Waals surface area contributed by atoms with Crippen LogP contribution in [0.15, 0.2) is 36.9 Å². The van der Waals surface area contributed by atoms with Gasteiger partial charge in [0.05, 0.1) is 12.9 Å². The first-order chi connectivity index (χ1) is 13.1. The molecule has 10 heteroatoms. The third-order valence-electron chi connectivity index (χ3n) is 4.43. The molecule has 2 aromatic heterocycles. The van der Waals surface area contributed by atoms with Crippen molar-refractivity contribution >= 4 is 22.7 Å². The van der Waals surface area contributed by atoms with Gasteiger partial charge in [0, 0.05) is 12.8 Å². The van der Waals surface area contributed by atoms with Crippen LogP contribution in [0.4, 0.5) is 11.5 Å². The molecule has 3 aromatic rings. The van der Waals surface area contributed by atoms with Gasteiger partial charge in [0.1, 0.15) is 30.4 Å². The first kappa shape index (κ1) is 17.6. The summed E-state index contributed by atoms with van der Waals surface area (Å²) in [6, 6.07) is 6.52. The van der Waals surface area contributed by atoms with Crippen LogP contribution >= 0.6 is 0 Å². The third kappa shape index (κ3) is 3.19. The number of phenolic OH excluding ortho intramolecular Hbond substituents is 1. The Balaban J connectivity index is 1.65. The molecule has 1 fully saturated rings. The van der Waals surface area contributed by atoms with Crippen LogP contribution in [-0.2, 0) is 9.47 Å². The lowest BCUT2D eigenvalue weighted by atomic mass is 10.1. The average Bonchev–Trinajstić information content (AvgIpc) is 3.21. The highest BCUT2D eigenvalue weighted by Crippen LogP contribution is 2.32. The second-order valence-electron chi connectivity index (χ2n) is 6.22. The number of phenols is 1. The summed E-state index contributed by atoms with van der Waals surface area (Å²) < 4.78 is 12.3. The highest BCUT2D eigenvalue weighted by atomic mass is 16.6. The second kappa shape index (κ2) is 7.08. The number of fused-ring (bicyclic) bond motifs is 1. The fraction of sp³-hybridized carbons (Fsp3) is 0.353. The van der Waals surface area contributed by atoms with E-state index >= 15 is 0 Å². The molecule has 142 valence electrons. The van der Waals surface area contributed by atoms with Crippen molar-refractivity contribution in [1.82, 2.24) is 19.5 Å². The molecule has 4 N–H and O–H groups in total. The molecule has 0 radical (unpaired) electrons. The molecule has 0 spiro atoms. The number of benzene rings is 1. The fourth-order valence-electron chi connectivity index (χ4n) is 3.07. The number of nitrogens with one attached hydrogen (secondary N) is 1. The van der Waals surface area contributed by atoms with Crippen molar-refractivity contribution < 1.29 is 24.8 Å². The normalized spacial score (nSPS) is 25.1. The number of aromatic hydroxyl groups is 1. The molecule has 4 atom stereocenters. The van der Waals surface area contributed by atoms with Crippen LogP contribution in [0.5, 0.6) is 5.75 Å². The molecular weight excluding hydrogens is 354 g/mol. The number of methoxy groups -OCH3 is 1. The van der Waals surface area contributed by atoms with E-state index in [1.54, 1.807) is 28.8 Å². The minimum atomic E-state index is -1.15. The van der Waals surface area contributed by atoms with Gasteiger partial charge in [-0.2, -0.15) is 0 Å². The number of rotatable bonds is 5. The van der Waals surface area contributed by atoms with Gasteiger partial charge in [-0.3, -0.25) is 4.57 Å². The zero-order valence-electron chi connectivity index (χ0n) is 14.4. The van der Waals surface area contributed by atoms with Gasteiger partial charge in [0.2, 0.25) is 0 Å². The molecule has 0 aliphatic carbocycles. The predicted octanol–water partition coefficient (Wildman–Crippen LogP) is 0.541. The summed E-state index contributed by atoms with van der Waals surface area (Å²) in [5, 5.41) is 33.0. The molecule has 1 aliphatic heterocycles. The molecule has 1 saturated heterocycles. The summed E-state index contributed by atoms with van der Waals surface area (Å²) in [6.45, 7) is 0.157. The Morgan fingerprint density at radius 1 is 1.15 bits per heavy atom. The molecular formula is C17H19N5O5. The number of hydrogen-bond acceptors (Lipinski definition) is 9. The van der Waals surface area contributed by atoms with Crippen LogP contribution in [-0.4, -0.2) is 66.9 Å². The van der Waals surface area contributed by atoms with E-state index < -0.39 is 24.5 Å². The van der Waals surface area contributed by atoms with Crippen molar-refractivity contribution in [2.45, 2.75) is 24.5 Å². The number of imidazole rings is 1. The zero-order chi connectivity index (χ0) is 19.0. The summed E-state index contributed by atoms with van der Waals surface area (Å²) in [4.78, 5) is 12.8. The number of ether oxygens (including phenoxy) is 2. The minimum Gasteiger partial charge on any atom is -0.508 e. The summed E-state index contributed by atoms with van der Waals surface area (Å²) in [5.41, 5.74) is 1.64. The van der Waals surface area contributed by atoms with Crippen LogP contribution in [0.1, 0.15) is 6.23 Å². The molecule has 2 unspecified atom stereocenters. The van der Waals surface area contributed by atoms with Gasteiger partial charge >= 0.3 is 0 Å². The van der Waals surface area contributed by atoms with E-state index in [1.807, 2.05) is 0 Å². The van der Waals surface area contributed by atoms with Gasteiger partial charge in [0.15, 0.2) is 23.2 Å². The van der Waals surface area contributed by atoms with Gasteiger partial charge in [-0.25, -0.2) is 15.0 Å². The lowest BCUT2D eigenvalue weighted by molar-refractivity contribution is -0.0580. The van der Waals surface area contributed by atoms with E-state index in [9.17, 15) is 15.3 Å². The van der Waals surface area contributed by atoms with Gasteiger partial charge < -0.3 is 30.1 Å². The summed E-state index contributed by atoms with van der Waals surface area (Å²) in [7, 11) is 1.50. The molecule has 0 amide bonds. The molecule has 1 aliphatic rings. The van der Waals surface area contributed by atoms with Crippen molar-refractivity contribution in [3.05, 3.63) is 36.9 Å². The van der Waals surface area contributed by atoms with E-state index in [2.05, 4.69) is 20.3 Å². The van der Waals surface area contributed by atoms with Gasteiger partial charge in [0.25, 0.3) is 0 Å². The van der Waals surface area contributed by atoms with Crippen LogP contribution < -0.4 is 5.32 Å². The van der Waals surface area contributed by atoms with Gasteiger partial charge in [-0.05, 0) is 24.3 Å². The van der Waals surface area contributed by atoms with E-state index in [1.165, 1.54) is 19.8 Å². The Morgan fingerprint density at radius 2 is 1.93 bits per heavy atom. The fourth-order valence-corrected chi connectivity index (χ4v) is 3.07. The Kier molecular flexibility index (Phi) is 4.62. The number of hydrogen-bond donors (Lipinski definition) is 4. The van der Waals surface area contributed by atoms with Gasteiger partial charge in [-0.15, -0.1) is 0 Å². The SMILES string of the molecule is COC[C@H]1O[C@@H](n2cnc3c(Nc4ccc(O)cc4)ncnc32)C(O)C1O. The number of anilines is 2. The van der Waals surface area contributed by atoms with Crippen LogP contribution in [0.3, 0.4) is 0 Å². The molecule has 4 rings (SSSR count). The van der Waals surface area contributed by atoms with E-state index in [4.69, 9.17) is 9.47 Å². The highest BCUT2D eigenvalue weighted by molar-refractivity contribution is 5.85. The topological polar surface area (TPSA) is 135 Å². The van der Waals surface area contributed by atoms with Crippen molar-refractivity contribution in [3.63, 3.8) is 0 Å². The van der Waals surface area contributed by atoms with E-state index in [0.29, 0.717) is 17.0 Å². The largest absolute Gasteiger partial charge is 0.508 e. The first-order valence-electron chi connectivity index (χ1n) is 8.32. The molecule has 10 nitrogen and oxygen atoms in total. The van der Waals surface area contributed by atoms with Crippen LogP contribution in [0.25, 0.3) is 11.2 Å². The smallest absolute Gasteiger partial charge is 0.167 e. The van der Waals surface area contributed by atoms with Crippen molar-refractivity contribution in [2.75, 3.05) is 19.0 Å². The molecule has 0 bridgehead atoms. The maximum Gasteiger partial charge on any atom is 0.167 e. The lowest BCUT2D eigenvalue weighted by Crippen LogP contribution is -2.33. The summed E-state index contributed by atoms with van der Waals surface area (Å²) in [6.07, 6.45) is -0.870. The Hall–Kier alpha value is -2.79. The van der Waals surface area contributed by atoms with Crippen LogP contribution in [0, 0.1) is 0 Å². The summed E-state index contributed by atoms with van der Waals surface area (Å²) in [5.74, 6) is 0.625. The van der Waals surface area contributed by atoms with E-state index in [-0.39, 0.29) is 12.4 Å². The maximum atomic E-state index is 10.4. The monoisotopic (exact) mass is 373 g/mol. The molecule has 1 aromatic carbocycles. The average molecular weight is 373 g/mol. The highest BCUT2D eigenvalue weighted by Gasteiger charge is 2.44. The maximum absolute atomic E-state index is 10.4. The molecule has 3 heterocycles. The Labute approximate surface area is 154 Å². The standard InChI is InChI=1S/C17H19N5O5/c1-26-6-11-13(24)14(25)17(27-11)22-8-20-12-15(18-7-19-16(12)22)21-9-2-4-10(23)5-3-9/h2-5,7-8,11,13-14,17,23-25H,6H2,1H3,(H,18,19,21)/t11-,13?,14?,17-/m1/s1. The van der Waals surface area contributed by atoms with Crippen molar-refractivity contribution in [3.8, 4) is 5.75 Å². The number of nitrogens with zero attached hydrogens (tertiary/aromatic N) is 4. The Bertz CT molecular complexity index is 931. The van der Waals surface area contributed by atoms with Crippen LogP contribution in [0.2, 0.25) is 0 Å². The predicted molar refractivity (Wildman–Crippen MR) is 94.5 cm³/mol. The molecule has 27 heavy (non-hydrogen) atoms. The Morgan fingerprint density at radius 3 is 2.67 bits per heavy atom. The summed E-state index contributed by atoms with van der Waals surface area (Å²) >= 11 is 0. The number of aliphatic hydroxyl groups is 2.